The number of aromatic amines is 1. The second-order valence-electron chi connectivity index (χ2n) is 7.42. The van der Waals surface area contributed by atoms with Gasteiger partial charge in [0.25, 0.3) is 5.91 Å². The number of aromatic nitrogens is 1. The third-order valence-corrected chi connectivity index (χ3v) is 6.62. The maximum Gasteiger partial charge on any atom is 0.254 e. The molecule has 0 unspecified atom stereocenters. The molecule has 0 atom stereocenters. The maximum absolute atomic E-state index is 13.1. The summed E-state index contributed by atoms with van der Waals surface area (Å²) >= 11 is 3.45. The van der Waals surface area contributed by atoms with Gasteiger partial charge in [-0.2, -0.15) is 0 Å². The number of ether oxygens (including phenoxy) is 3. The Morgan fingerprint density at radius 1 is 1.03 bits per heavy atom. The molecule has 0 bridgehead atoms. The molecule has 0 saturated carbocycles. The number of carbonyl (C=O) groups is 1. The summed E-state index contributed by atoms with van der Waals surface area (Å²) in [5, 5.41) is 1.20. The predicted molar refractivity (Wildman–Crippen MR) is 120 cm³/mol. The number of hydrogen-bond acceptors (Lipinski definition) is 4. The summed E-state index contributed by atoms with van der Waals surface area (Å²) in [5.41, 5.74) is 2.98. The minimum absolute atomic E-state index is 0.00172. The minimum atomic E-state index is -0.00172. The number of benzene rings is 2. The van der Waals surface area contributed by atoms with Gasteiger partial charge >= 0.3 is 0 Å². The number of amides is 1. The van der Waals surface area contributed by atoms with E-state index in [0.29, 0.717) is 40.5 Å². The van der Waals surface area contributed by atoms with Crippen LogP contribution in [0, 0.1) is 0 Å². The second-order valence-corrected chi connectivity index (χ2v) is 8.21. The van der Waals surface area contributed by atoms with Crippen molar-refractivity contribution in [3.8, 4) is 17.2 Å². The topological polar surface area (TPSA) is 63.8 Å². The van der Waals surface area contributed by atoms with Crippen molar-refractivity contribution in [2.75, 3.05) is 34.4 Å². The van der Waals surface area contributed by atoms with Crippen LogP contribution in [0.4, 0.5) is 0 Å². The molecule has 1 aliphatic heterocycles. The number of nitrogens with zero attached hydrogens (tertiary/aromatic N) is 1. The highest BCUT2D eigenvalue weighted by atomic mass is 79.9. The largest absolute Gasteiger partial charge is 0.497 e. The second kappa shape index (κ2) is 8.60. The van der Waals surface area contributed by atoms with Crippen LogP contribution in [0.3, 0.4) is 0 Å². The molecule has 1 amide bonds. The first-order valence-electron chi connectivity index (χ1n) is 9.91. The summed E-state index contributed by atoms with van der Waals surface area (Å²) in [6.07, 6.45) is 3.93. The molecule has 1 fully saturated rings. The van der Waals surface area contributed by atoms with Gasteiger partial charge in [0.05, 0.1) is 21.3 Å². The van der Waals surface area contributed by atoms with E-state index in [1.807, 2.05) is 17.0 Å². The number of halogens is 1. The molecule has 0 aliphatic carbocycles. The fraction of sp³-hybridized carbons (Fsp3) is 0.348. The quantitative estimate of drug-likeness (QED) is 0.568. The third-order valence-electron chi connectivity index (χ3n) is 5.84. The van der Waals surface area contributed by atoms with Gasteiger partial charge < -0.3 is 24.1 Å². The number of nitrogens with one attached hydrogen (secondary N) is 1. The molecule has 1 N–H and O–H groups in total. The van der Waals surface area contributed by atoms with Gasteiger partial charge in [0.15, 0.2) is 0 Å². The fourth-order valence-corrected chi connectivity index (χ4v) is 4.71. The first-order valence-corrected chi connectivity index (χ1v) is 10.7. The lowest BCUT2D eigenvalue weighted by Gasteiger charge is -2.32. The van der Waals surface area contributed by atoms with E-state index in [9.17, 15) is 4.79 Å². The molecule has 1 saturated heterocycles. The zero-order chi connectivity index (χ0) is 21.3. The Hall–Kier alpha value is -2.67. The van der Waals surface area contributed by atoms with Crippen molar-refractivity contribution in [1.82, 2.24) is 9.88 Å². The van der Waals surface area contributed by atoms with E-state index in [-0.39, 0.29) is 5.91 Å². The molecular weight excluding hydrogens is 448 g/mol. The number of H-pyrrole nitrogens is 1. The van der Waals surface area contributed by atoms with E-state index >= 15 is 0 Å². The summed E-state index contributed by atoms with van der Waals surface area (Å²) in [7, 11) is 4.84. The average molecular weight is 473 g/mol. The Kier molecular flexibility index (Phi) is 5.90. The van der Waals surface area contributed by atoms with Crippen molar-refractivity contribution >= 4 is 32.7 Å². The zero-order valence-corrected chi connectivity index (χ0v) is 18.9. The molecular formula is C23H25BrN2O4. The lowest BCUT2D eigenvalue weighted by Crippen LogP contribution is -2.37. The van der Waals surface area contributed by atoms with Crippen molar-refractivity contribution in [2.24, 2.45) is 0 Å². The Balaban J connectivity index is 1.51. The van der Waals surface area contributed by atoms with Crippen LogP contribution in [0.25, 0.3) is 10.9 Å². The first-order chi connectivity index (χ1) is 14.5. The van der Waals surface area contributed by atoms with Crippen LogP contribution in [0.2, 0.25) is 0 Å². The molecule has 7 heteroatoms. The van der Waals surface area contributed by atoms with Gasteiger partial charge in [-0.3, -0.25) is 4.79 Å². The molecule has 1 aliphatic rings. The molecule has 4 rings (SSSR count). The standard InChI is InChI=1S/C23H25BrN2O4/c1-28-16-4-5-19-17(12-16)18(13-25-19)14-6-8-26(9-7-14)23(27)15-10-20(29-2)22(24)21(11-15)30-3/h4-5,10-14,25H,6-9H2,1-3H3. The Bertz CT molecular complexity index is 1050. The van der Waals surface area contributed by atoms with E-state index in [2.05, 4.69) is 33.2 Å². The van der Waals surface area contributed by atoms with Crippen molar-refractivity contribution < 1.29 is 19.0 Å². The lowest BCUT2D eigenvalue weighted by molar-refractivity contribution is 0.0712. The molecule has 0 radical (unpaired) electrons. The normalized spacial score (nSPS) is 14.7. The Morgan fingerprint density at radius 3 is 2.30 bits per heavy atom. The SMILES string of the molecule is COc1ccc2[nH]cc(C3CCN(C(=O)c4cc(OC)c(Br)c(OC)c4)CC3)c2c1. The van der Waals surface area contributed by atoms with E-state index in [0.717, 1.165) is 24.1 Å². The molecule has 3 aromatic rings. The van der Waals surface area contributed by atoms with Crippen molar-refractivity contribution in [2.45, 2.75) is 18.8 Å². The summed E-state index contributed by atoms with van der Waals surface area (Å²) in [4.78, 5) is 18.4. The van der Waals surface area contributed by atoms with Gasteiger partial charge in [-0.15, -0.1) is 0 Å². The third kappa shape index (κ3) is 3.74. The number of fused-ring (bicyclic) bond motifs is 1. The molecule has 6 nitrogen and oxygen atoms in total. The smallest absolute Gasteiger partial charge is 0.254 e. The molecule has 2 heterocycles. The molecule has 158 valence electrons. The van der Waals surface area contributed by atoms with Crippen LogP contribution in [-0.4, -0.2) is 50.2 Å². The van der Waals surface area contributed by atoms with Gasteiger partial charge in [-0.1, -0.05) is 0 Å². The highest BCUT2D eigenvalue weighted by Crippen LogP contribution is 2.38. The first kappa shape index (κ1) is 20.6. The van der Waals surface area contributed by atoms with Crippen molar-refractivity contribution in [3.05, 3.63) is 52.1 Å². The van der Waals surface area contributed by atoms with Crippen molar-refractivity contribution in [3.63, 3.8) is 0 Å². The zero-order valence-electron chi connectivity index (χ0n) is 17.3. The minimum Gasteiger partial charge on any atom is -0.497 e. The monoisotopic (exact) mass is 472 g/mol. The number of hydrogen-bond donors (Lipinski definition) is 1. The van der Waals surface area contributed by atoms with E-state index < -0.39 is 0 Å². The van der Waals surface area contributed by atoms with E-state index in [1.54, 1.807) is 33.5 Å². The highest BCUT2D eigenvalue weighted by Gasteiger charge is 2.27. The summed E-state index contributed by atoms with van der Waals surface area (Å²) in [6.45, 7) is 1.42. The number of carbonyl (C=O) groups excluding carboxylic acids is 1. The molecule has 0 spiro atoms. The molecule has 1 aromatic heterocycles. The van der Waals surface area contributed by atoms with Gasteiger partial charge in [0, 0.05) is 35.8 Å². The summed E-state index contributed by atoms with van der Waals surface area (Å²) in [6, 6.07) is 9.61. The van der Waals surface area contributed by atoms with E-state index in [4.69, 9.17) is 14.2 Å². The van der Waals surface area contributed by atoms with Crippen LogP contribution >= 0.6 is 15.9 Å². The number of rotatable bonds is 5. The summed E-state index contributed by atoms with van der Waals surface area (Å²) < 4.78 is 16.9. The number of likely N-dealkylation sites (tertiary alicyclic amines) is 1. The molecule has 2 aromatic carbocycles. The highest BCUT2D eigenvalue weighted by molar-refractivity contribution is 9.10. The fourth-order valence-electron chi connectivity index (χ4n) is 4.16. The van der Waals surface area contributed by atoms with Crippen LogP contribution in [0.5, 0.6) is 17.2 Å². The number of piperidine rings is 1. The van der Waals surface area contributed by atoms with Gasteiger partial charge in [0.1, 0.15) is 21.7 Å². The van der Waals surface area contributed by atoms with Gasteiger partial charge in [0.2, 0.25) is 0 Å². The Morgan fingerprint density at radius 2 is 1.70 bits per heavy atom. The van der Waals surface area contributed by atoms with E-state index in [1.165, 1.54) is 10.9 Å². The van der Waals surface area contributed by atoms with Gasteiger partial charge in [-0.25, -0.2) is 0 Å². The van der Waals surface area contributed by atoms with Crippen molar-refractivity contribution in [1.29, 1.82) is 0 Å². The lowest BCUT2D eigenvalue weighted by atomic mass is 9.89. The summed E-state index contributed by atoms with van der Waals surface area (Å²) in [5.74, 6) is 2.43. The van der Waals surface area contributed by atoms with Gasteiger partial charge in [-0.05, 0) is 70.6 Å². The number of methoxy groups -OCH3 is 3. The van der Waals surface area contributed by atoms with Crippen LogP contribution in [-0.2, 0) is 0 Å². The average Bonchev–Trinajstić information content (AvgIpc) is 3.22. The molecule has 30 heavy (non-hydrogen) atoms. The predicted octanol–water partition coefficient (Wildman–Crippen LogP) is 4.98. The van der Waals surface area contributed by atoms with Crippen LogP contribution in [0.1, 0.15) is 34.7 Å². The maximum atomic E-state index is 13.1. The van der Waals surface area contributed by atoms with Crippen LogP contribution < -0.4 is 14.2 Å². The van der Waals surface area contributed by atoms with Crippen LogP contribution in [0.15, 0.2) is 41.0 Å². The Labute approximate surface area is 184 Å².